The number of H-pyrrole nitrogens is 1. The van der Waals surface area contributed by atoms with E-state index >= 15 is 0 Å². The third-order valence-corrected chi connectivity index (χ3v) is 2.09. The number of aryl methyl sites for hydroxylation is 1. The number of aromatic nitrogens is 2. The third-order valence-electron chi connectivity index (χ3n) is 2.09. The Balaban J connectivity index is 0. The molecule has 1 aromatic rings. The van der Waals surface area contributed by atoms with E-state index in [9.17, 15) is 0 Å². The molecule has 6 heteroatoms. The van der Waals surface area contributed by atoms with Gasteiger partial charge in [-0.25, -0.2) is 0 Å². The van der Waals surface area contributed by atoms with E-state index in [-0.39, 0.29) is 30.3 Å². The summed E-state index contributed by atoms with van der Waals surface area (Å²) in [7, 11) is 0. The van der Waals surface area contributed by atoms with Gasteiger partial charge in [-0.05, 0) is 24.8 Å². The number of hydrogen-bond acceptors (Lipinski definition) is 2. The molecular weight excluding hydrogens is 213 g/mol. The summed E-state index contributed by atoms with van der Waals surface area (Å²) < 4.78 is 0. The summed E-state index contributed by atoms with van der Waals surface area (Å²) in [5.74, 6) is 0. The van der Waals surface area contributed by atoms with Crippen LogP contribution in [0.25, 0.3) is 0 Å². The van der Waals surface area contributed by atoms with Gasteiger partial charge in [0.1, 0.15) is 0 Å². The van der Waals surface area contributed by atoms with Crippen LogP contribution in [0, 0.1) is 0 Å². The van der Waals surface area contributed by atoms with E-state index in [0.29, 0.717) is 6.54 Å². The van der Waals surface area contributed by atoms with Crippen LogP contribution in [0.2, 0.25) is 0 Å². The Morgan fingerprint density at radius 2 is 2.00 bits per heavy atom. The predicted molar refractivity (Wildman–Crippen MR) is 56.6 cm³/mol. The van der Waals surface area contributed by atoms with E-state index in [0.717, 1.165) is 12.1 Å². The minimum Gasteiger partial charge on any atom is -0.412 e. The number of halogens is 2. The quantitative estimate of drug-likeness (QED) is 0.727. The highest BCUT2D eigenvalue weighted by molar-refractivity contribution is 5.85. The number of aromatic amines is 1. The first-order valence-electron chi connectivity index (χ1n) is 3.67. The summed E-state index contributed by atoms with van der Waals surface area (Å²) in [4.78, 5) is 0. The Kier molecular flexibility index (Phi) is 7.26. The average molecular weight is 228 g/mol. The molecule has 0 amide bonds. The van der Waals surface area contributed by atoms with E-state index in [2.05, 4.69) is 10.2 Å². The van der Waals surface area contributed by atoms with Crippen LogP contribution in [-0.2, 0) is 19.4 Å². The Bertz CT molecular complexity index is 252. The minimum absolute atomic E-state index is 0. The molecule has 0 fully saturated rings. The van der Waals surface area contributed by atoms with E-state index in [1.807, 2.05) is 0 Å². The lowest BCUT2D eigenvalue weighted by Crippen LogP contribution is -1.99. The normalized spacial score (nSPS) is 12.1. The van der Waals surface area contributed by atoms with Crippen molar-refractivity contribution in [2.75, 3.05) is 0 Å². The van der Waals surface area contributed by atoms with Crippen molar-refractivity contribution in [1.29, 1.82) is 0 Å². The number of rotatable bonds is 1. The Morgan fingerprint density at radius 3 is 2.62 bits per heavy atom. The Morgan fingerprint density at radius 1 is 1.31 bits per heavy atom. The van der Waals surface area contributed by atoms with Gasteiger partial charge < -0.3 is 11.2 Å². The number of nitrogens with zero attached hydrogens (tertiary/aromatic N) is 1. The van der Waals surface area contributed by atoms with Crippen LogP contribution in [0.15, 0.2) is 0 Å². The maximum Gasteiger partial charge on any atom is 0.0792 e. The number of hydrogen-bond donors (Lipinski definition) is 2. The Labute approximate surface area is 89.4 Å². The molecule has 1 aliphatic carbocycles. The fourth-order valence-corrected chi connectivity index (χ4v) is 1.56. The van der Waals surface area contributed by atoms with Crippen molar-refractivity contribution in [3.8, 4) is 0 Å². The van der Waals surface area contributed by atoms with Gasteiger partial charge in [0.2, 0.25) is 0 Å². The van der Waals surface area contributed by atoms with E-state index < -0.39 is 0 Å². The molecule has 13 heavy (non-hydrogen) atoms. The van der Waals surface area contributed by atoms with Crippen LogP contribution < -0.4 is 5.73 Å². The van der Waals surface area contributed by atoms with Gasteiger partial charge in [-0.1, -0.05) is 0 Å². The van der Waals surface area contributed by atoms with Gasteiger partial charge in [0.05, 0.1) is 5.69 Å². The minimum atomic E-state index is 0. The second-order valence-corrected chi connectivity index (χ2v) is 2.69. The molecule has 4 nitrogen and oxygen atoms in total. The van der Waals surface area contributed by atoms with Crippen molar-refractivity contribution in [2.24, 2.45) is 5.73 Å². The molecule has 1 aromatic heterocycles. The topological polar surface area (TPSA) is 86.2 Å². The van der Waals surface area contributed by atoms with Gasteiger partial charge in [-0.15, -0.1) is 24.8 Å². The highest BCUT2D eigenvalue weighted by Crippen LogP contribution is 2.21. The molecule has 0 atom stereocenters. The number of nitrogens with one attached hydrogen (secondary N) is 1. The molecule has 0 aliphatic heterocycles. The standard InChI is InChI=1S/C7H11N3.2ClH.H2O/c8-4-7-5-2-1-3-6(5)9-10-7;;;/h1-4,8H2,(H,9,10);2*1H;1H2. The van der Waals surface area contributed by atoms with Gasteiger partial charge in [0.25, 0.3) is 0 Å². The smallest absolute Gasteiger partial charge is 0.0792 e. The van der Waals surface area contributed by atoms with E-state index in [1.54, 1.807) is 0 Å². The van der Waals surface area contributed by atoms with Gasteiger partial charge in [0.15, 0.2) is 0 Å². The third kappa shape index (κ3) is 2.57. The van der Waals surface area contributed by atoms with Crippen LogP contribution in [0.5, 0.6) is 0 Å². The summed E-state index contributed by atoms with van der Waals surface area (Å²) >= 11 is 0. The molecule has 0 saturated heterocycles. The molecule has 0 saturated carbocycles. The van der Waals surface area contributed by atoms with Gasteiger partial charge in [-0.2, -0.15) is 5.10 Å². The second-order valence-electron chi connectivity index (χ2n) is 2.69. The lowest BCUT2D eigenvalue weighted by Gasteiger charge is -1.90. The zero-order chi connectivity index (χ0) is 6.97. The summed E-state index contributed by atoms with van der Waals surface area (Å²) in [6.07, 6.45) is 3.58. The predicted octanol–water partition coefficient (Wildman–Crippen LogP) is 0.376. The first-order valence-corrected chi connectivity index (χ1v) is 3.67. The van der Waals surface area contributed by atoms with Crippen LogP contribution in [-0.4, -0.2) is 15.7 Å². The molecule has 5 N–H and O–H groups in total. The van der Waals surface area contributed by atoms with Crippen molar-refractivity contribution in [1.82, 2.24) is 10.2 Å². The van der Waals surface area contributed by atoms with Crippen molar-refractivity contribution in [3.05, 3.63) is 17.0 Å². The first kappa shape index (κ1) is 15.2. The van der Waals surface area contributed by atoms with Crippen molar-refractivity contribution < 1.29 is 5.48 Å². The van der Waals surface area contributed by atoms with Gasteiger partial charge in [-0.3, -0.25) is 5.10 Å². The molecule has 0 bridgehead atoms. The van der Waals surface area contributed by atoms with Crippen LogP contribution in [0.3, 0.4) is 0 Å². The molecule has 78 valence electrons. The largest absolute Gasteiger partial charge is 0.412 e. The van der Waals surface area contributed by atoms with Gasteiger partial charge >= 0.3 is 0 Å². The molecule has 0 aromatic carbocycles. The summed E-state index contributed by atoms with van der Waals surface area (Å²) in [6, 6.07) is 0. The van der Waals surface area contributed by atoms with Crippen molar-refractivity contribution >= 4 is 24.8 Å². The SMILES string of the molecule is Cl.Cl.NCc1n[nH]c2c1CCC2.O. The molecule has 2 rings (SSSR count). The number of fused-ring (bicyclic) bond motifs is 1. The summed E-state index contributed by atoms with van der Waals surface area (Å²) in [5, 5.41) is 7.11. The second kappa shape index (κ2) is 6.21. The maximum absolute atomic E-state index is 5.48. The molecular formula is C7H15Cl2N3O. The fraction of sp³-hybridized carbons (Fsp3) is 0.571. The highest BCUT2D eigenvalue weighted by atomic mass is 35.5. The maximum atomic E-state index is 5.48. The van der Waals surface area contributed by atoms with Crippen LogP contribution in [0.4, 0.5) is 0 Å². The lowest BCUT2D eigenvalue weighted by molar-refractivity contribution is 0.824. The van der Waals surface area contributed by atoms with E-state index in [4.69, 9.17) is 5.73 Å². The fourth-order valence-electron chi connectivity index (χ4n) is 1.56. The monoisotopic (exact) mass is 227 g/mol. The molecule has 0 unspecified atom stereocenters. The molecule has 0 radical (unpaired) electrons. The van der Waals surface area contributed by atoms with E-state index in [1.165, 1.54) is 24.1 Å². The lowest BCUT2D eigenvalue weighted by atomic mass is 10.2. The average Bonchev–Trinajstić information content (AvgIpc) is 2.44. The van der Waals surface area contributed by atoms with Crippen molar-refractivity contribution in [3.63, 3.8) is 0 Å². The zero-order valence-corrected chi connectivity index (χ0v) is 8.80. The Hall–Kier alpha value is -0.290. The summed E-state index contributed by atoms with van der Waals surface area (Å²) in [6.45, 7) is 0.575. The van der Waals surface area contributed by atoms with Crippen LogP contribution in [0.1, 0.15) is 23.4 Å². The first-order chi connectivity index (χ1) is 4.92. The molecule has 0 spiro atoms. The van der Waals surface area contributed by atoms with Crippen LogP contribution >= 0.6 is 24.8 Å². The molecule has 1 heterocycles. The zero-order valence-electron chi connectivity index (χ0n) is 7.17. The number of nitrogens with two attached hydrogens (primary N) is 1. The van der Waals surface area contributed by atoms with Gasteiger partial charge in [0, 0.05) is 12.2 Å². The molecule has 1 aliphatic rings. The van der Waals surface area contributed by atoms with Crippen molar-refractivity contribution in [2.45, 2.75) is 25.8 Å². The highest BCUT2D eigenvalue weighted by Gasteiger charge is 2.16. The summed E-state index contributed by atoms with van der Waals surface area (Å²) in [5.41, 5.74) is 9.23.